The maximum atomic E-state index is 11.7. The molecule has 0 spiro atoms. The van der Waals surface area contributed by atoms with Gasteiger partial charge in [0.1, 0.15) is 10.5 Å². The van der Waals surface area contributed by atoms with Crippen molar-refractivity contribution in [1.29, 1.82) is 0 Å². The summed E-state index contributed by atoms with van der Waals surface area (Å²) in [5.74, 6) is 1.29. The Bertz CT molecular complexity index is 616. The van der Waals surface area contributed by atoms with E-state index in [1.807, 2.05) is 0 Å². The summed E-state index contributed by atoms with van der Waals surface area (Å²) in [7, 11) is 0. The quantitative estimate of drug-likeness (QED) is 0.464. The van der Waals surface area contributed by atoms with E-state index in [2.05, 4.69) is 39.1 Å². The van der Waals surface area contributed by atoms with Gasteiger partial charge < -0.3 is 10.3 Å². The minimum atomic E-state index is 0.0594. The summed E-state index contributed by atoms with van der Waals surface area (Å²) in [6.07, 6.45) is 2.99. The summed E-state index contributed by atoms with van der Waals surface area (Å²) in [4.78, 5) is 26.9. The molecule has 0 saturated carbocycles. The van der Waals surface area contributed by atoms with Gasteiger partial charge in [-0.3, -0.25) is 4.79 Å². The number of nitrogens with zero attached hydrogens (tertiary/aromatic N) is 3. The normalized spacial score (nSPS) is 11.2. The van der Waals surface area contributed by atoms with E-state index in [9.17, 15) is 4.79 Å². The third kappa shape index (κ3) is 4.86. The number of halogens is 1. The highest BCUT2D eigenvalue weighted by atomic mass is 35.5. The maximum absolute atomic E-state index is 11.7. The molecule has 0 fully saturated rings. The molecular formula is C13H18ClN5OS. The van der Waals surface area contributed by atoms with Gasteiger partial charge in [-0.05, 0) is 23.9 Å². The molecule has 2 rings (SSSR count). The predicted molar refractivity (Wildman–Crippen MR) is 84.5 cm³/mol. The third-order valence-corrected chi connectivity index (χ3v) is 3.98. The molecule has 0 aliphatic rings. The van der Waals surface area contributed by atoms with Crippen LogP contribution in [0.4, 0.5) is 0 Å². The highest BCUT2D eigenvalue weighted by Gasteiger charge is 2.10. The first kappa shape index (κ1) is 16.0. The number of carbonyl (C=O) groups is 1. The van der Waals surface area contributed by atoms with Crippen LogP contribution in [0.25, 0.3) is 11.2 Å². The van der Waals surface area contributed by atoms with E-state index in [4.69, 9.17) is 11.6 Å². The van der Waals surface area contributed by atoms with Gasteiger partial charge in [0.15, 0.2) is 5.65 Å². The number of hydrogen-bond acceptors (Lipinski definition) is 5. The Kier molecular flexibility index (Phi) is 5.81. The van der Waals surface area contributed by atoms with Gasteiger partial charge in [-0.15, -0.1) is 11.8 Å². The zero-order valence-corrected chi connectivity index (χ0v) is 13.6. The van der Waals surface area contributed by atoms with Gasteiger partial charge in [0.05, 0.1) is 6.33 Å². The lowest BCUT2D eigenvalue weighted by Gasteiger charge is -2.07. The molecule has 6 nitrogen and oxygen atoms in total. The number of thioether (sulfide) groups is 1. The van der Waals surface area contributed by atoms with E-state index in [1.165, 1.54) is 11.8 Å². The summed E-state index contributed by atoms with van der Waals surface area (Å²) < 4.78 is 0. The molecule has 0 aliphatic carbocycles. The van der Waals surface area contributed by atoms with Crippen molar-refractivity contribution in [1.82, 2.24) is 25.3 Å². The number of aromatic amines is 1. The van der Waals surface area contributed by atoms with Gasteiger partial charge in [-0.2, -0.15) is 4.98 Å². The van der Waals surface area contributed by atoms with Crippen LogP contribution in [0.5, 0.6) is 0 Å². The van der Waals surface area contributed by atoms with Gasteiger partial charge in [0.2, 0.25) is 11.2 Å². The van der Waals surface area contributed by atoms with Crippen LogP contribution in [0.3, 0.4) is 0 Å². The number of hydrogen-bond donors (Lipinski definition) is 2. The Morgan fingerprint density at radius 2 is 2.29 bits per heavy atom. The Morgan fingerprint density at radius 1 is 1.48 bits per heavy atom. The highest BCUT2D eigenvalue weighted by Crippen LogP contribution is 2.24. The molecule has 21 heavy (non-hydrogen) atoms. The van der Waals surface area contributed by atoms with E-state index in [0.717, 1.165) is 23.5 Å². The first-order chi connectivity index (χ1) is 10.1. The number of aromatic nitrogens is 4. The zero-order chi connectivity index (χ0) is 15.2. The van der Waals surface area contributed by atoms with E-state index in [-0.39, 0.29) is 11.2 Å². The second-order valence-corrected chi connectivity index (χ2v) is 6.45. The van der Waals surface area contributed by atoms with Crippen molar-refractivity contribution in [2.24, 2.45) is 5.92 Å². The summed E-state index contributed by atoms with van der Waals surface area (Å²) in [5.41, 5.74) is 1.29. The molecule has 2 heterocycles. The fourth-order valence-electron chi connectivity index (χ4n) is 1.71. The number of rotatable bonds is 7. The molecule has 1 amide bonds. The highest BCUT2D eigenvalue weighted by molar-refractivity contribution is 7.99. The van der Waals surface area contributed by atoms with Crippen molar-refractivity contribution >= 4 is 40.4 Å². The van der Waals surface area contributed by atoms with Crippen LogP contribution in [-0.4, -0.2) is 38.1 Å². The zero-order valence-electron chi connectivity index (χ0n) is 12.0. The number of H-pyrrole nitrogens is 1. The number of amides is 1. The van der Waals surface area contributed by atoms with Gasteiger partial charge in [-0.1, -0.05) is 13.8 Å². The molecule has 2 aromatic heterocycles. The lowest BCUT2D eigenvalue weighted by atomic mass is 10.1. The van der Waals surface area contributed by atoms with Crippen LogP contribution in [-0.2, 0) is 4.79 Å². The number of imidazole rings is 1. The molecule has 0 bridgehead atoms. The minimum Gasteiger partial charge on any atom is -0.356 e. The van der Waals surface area contributed by atoms with Crippen molar-refractivity contribution in [3.63, 3.8) is 0 Å². The molecule has 114 valence electrons. The van der Waals surface area contributed by atoms with E-state index in [1.54, 1.807) is 6.33 Å². The second-order valence-electron chi connectivity index (χ2n) is 5.03. The van der Waals surface area contributed by atoms with Gasteiger partial charge in [0.25, 0.3) is 0 Å². The standard InChI is InChI=1S/C13H18ClN5OS/c1-8(2)3-5-15-9(20)4-6-21-12-10-11(17-7-16-10)18-13(14)19-12/h7-8H,3-6H2,1-2H3,(H,15,20)(H,16,17,18,19). The lowest BCUT2D eigenvalue weighted by Crippen LogP contribution is -2.25. The maximum Gasteiger partial charge on any atom is 0.225 e. The third-order valence-electron chi connectivity index (χ3n) is 2.84. The van der Waals surface area contributed by atoms with Crippen LogP contribution >= 0.6 is 23.4 Å². The van der Waals surface area contributed by atoms with Crippen molar-refractivity contribution < 1.29 is 4.79 Å². The van der Waals surface area contributed by atoms with Gasteiger partial charge in [0, 0.05) is 18.7 Å². The van der Waals surface area contributed by atoms with Crippen molar-refractivity contribution in [2.75, 3.05) is 12.3 Å². The fraction of sp³-hybridized carbons (Fsp3) is 0.538. The topological polar surface area (TPSA) is 83.6 Å². The largest absolute Gasteiger partial charge is 0.356 e. The van der Waals surface area contributed by atoms with E-state index < -0.39 is 0 Å². The van der Waals surface area contributed by atoms with Crippen molar-refractivity contribution in [2.45, 2.75) is 31.7 Å². The SMILES string of the molecule is CC(C)CCNC(=O)CCSc1nc(Cl)nc2nc[nH]c12. The van der Waals surface area contributed by atoms with E-state index in [0.29, 0.717) is 23.7 Å². The van der Waals surface area contributed by atoms with Crippen LogP contribution < -0.4 is 5.32 Å². The average molecular weight is 328 g/mol. The van der Waals surface area contributed by atoms with Crippen molar-refractivity contribution in [3.8, 4) is 0 Å². The molecule has 2 aromatic rings. The van der Waals surface area contributed by atoms with Crippen LogP contribution in [0.1, 0.15) is 26.7 Å². The molecule has 0 aromatic carbocycles. The summed E-state index contributed by atoms with van der Waals surface area (Å²) in [6.45, 7) is 5.00. The molecule has 0 unspecified atom stereocenters. The molecule has 0 aliphatic heterocycles. The smallest absolute Gasteiger partial charge is 0.225 e. The van der Waals surface area contributed by atoms with E-state index >= 15 is 0 Å². The fourth-order valence-corrected chi connectivity index (χ4v) is 2.86. The number of carbonyl (C=O) groups excluding carboxylic acids is 1. The Labute approximate surface area is 132 Å². The second kappa shape index (κ2) is 7.61. The molecule has 0 atom stereocenters. The van der Waals surface area contributed by atoms with Crippen LogP contribution in [0.15, 0.2) is 11.4 Å². The number of nitrogens with one attached hydrogen (secondary N) is 2. The van der Waals surface area contributed by atoms with Gasteiger partial charge >= 0.3 is 0 Å². The summed E-state index contributed by atoms with van der Waals surface area (Å²) in [5, 5.41) is 3.80. The Morgan fingerprint density at radius 3 is 3.05 bits per heavy atom. The van der Waals surface area contributed by atoms with Gasteiger partial charge in [-0.25, -0.2) is 9.97 Å². The minimum absolute atomic E-state index is 0.0594. The Hall–Kier alpha value is -1.34. The predicted octanol–water partition coefficient (Wildman–Crippen LogP) is 2.65. The molecule has 8 heteroatoms. The summed E-state index contributed by atoms with van der Waals surface area (Å²) >= 11 is 7.32. The molecule has 2 N–H and O–H groups in total. The molecule has 0 saturated heterocycles. The lowest BCUT2D eigenvalue weighted by molar-refractivity contribution is -0.120. The van der Waals surface area contributed by atoms with Crippen molar-refractivity contribution in [3.05, 3.63) is 11.6 Å². The first-order valence-electron chi connectivity index (χ1n) is 6.82. The Balaban J connectivity index is 1.82. The summed E-state index contributed by atoms with van der Waals surface area (Å²) in [6, 6.07) is 0. The first-order valence-corrected chi connectivity index (χ1v) is 8.18. The van der Waals surface area contributed by atoms with Crippen LogP contribution in [0.2, 0.25) is 5.28 Å². The monoisotopic (exact) mass is 327 g/mol. The average Bonchev–Trinajstić information content (AvgIpc) is 2.86. The van der Waals surface area contributed by atoms with Crippen LogP contribution in [0, 0.1) is 5.92 Å². The molecule has 0 radical (unpaired) electrons. The number of fused-ring (bicyclic) bond motifs is 1. The molecular weight excluding hydrogens is 310 g/mol.